The number of esters is 1. The molecule has 0 aliphatic heterocycles. The van der Waals surface area contributed by atoms with Gasteiger partial charge in [0.2, 0.25) is 0 Å². The largest absolute Gasteiger partial charge is 0.468 e. The van der Waals surface area contributed by atoms with Crippen LogP contribution in [0.5, 0.6) is 5.75 Å². The average molecular weight is 312 g/mol. The van der Waals surface area contributed by atoms with E-state index in [1.807, 2.05) is 42.5 Å². The highest BCUT2D eigenvalue weighted by Gasteiger charge is 2.19. The maximum absolute atomic E-state index is 11.3. The van der Waals surface area contributed by atoms with E-state index in [1.165, 1.54) is 7.11 Å². The second-order valence-electron chi connectivity index (χ2n) is 4.19. The van der Waals surface area contributed by atoms with Crippen molar-refractivity contribution < 1.29 is 14.1 Å². The molecule has 2 rings (SSSR count). The molecule has 1 N–H and O–H groups in total. The van der Waals surface area contributed by atoms with E-state index in [9.17, 15) is 4.79 Å². The van der Waals surface area contributed by atoms with Crippen molar-refractivity contribution in [3.8, 4) is 5.75 Å². The van der Waals surface area contributed by atoms with Gasteiger partial charge in [-0.05, 0) is 29.6 Å². The van der Waals surface area contributed by atoms with Crippen molar-refractivity contribution in [3.63, 3.8) is 0 Å². The third-order valence-corrected chi connectivity index (χ3v) is 4.23. The highest BCUT2D eigenvalue weighted by Crippen LogP contribution is 2.42. The molecule has 2 atom stereocenters. The van der Waals surface area contributed by atoms with Crippen molar-refractivity contribution in [3.05, 3.63) is 42.5 Å². The topological polar surface area (TPSA) is 47.6 Å². The van der Waals surface area contributed by atoms with Crippen LogP contribution in [0.4, 0.5) is 0 Å². The number of nitrogens with one attached hydrogen (secondary N) is 1. The minimum absolute atomic E-state index is 0.375. The van der Waals surface area contributed by atoms with E-state index in [0.717, 1.165) is 10.8 Å². The molecule has 0 radical (unpaired) electrons. The molecule has 0 heterocycles. The van der Waals surface area contributed by atoms with Gasteiger partial charge in [-0.15, -0.1) is 0 Å². The van der Waals surface area contributed by atoms with Crippen LogP contribution in [0, 0.1) is 0 Å². The fraction of sp³-hybridized carbons (Fsp3) is 0.214. The van der Waals surface area contributed by atoms with Gasteiger partial charge >= 0.3 is 5.97 Å². The molecule has 0 amide bonds. The maximum atomic E-state index is 11.3. The number of fused-ring (bicyclic) bond motifs is 1. The molecule has 6 heteroatoms. The van der Waals surface area contributed by atoms with Crippen molar-refractivity contribution in [1.29, 1.82) is 0 Å². The van der Waals surface area contributed by atoms with Crippen LogP contribution in [0.2, 0.25) is 0 Å². The van der Waals surface area contributed by atoms with Gasteiger partial charge in [0, 0.05) is 5.39 Å². The molecule has 2 aromatic carbocycles. The zero-order valence-corrected chi connectivity index (χ0v) is 12.8. The number of benzene rings is 2. The van der Waals surface area contributed by atoms with E-state index in [-0.39, 0.29) is 5.97 Å². The minimum Gasteiger partial charge on any atom is -0.468 e. The lowest BCUT2D eigenvalue weighted by Crippen LogP contribution is -2.31. The van der Waals surface area contributed by atoms with E-state index in [0.29, 0.717) is 5.75 Å². The van der Waals surface area contributed by atoms with Crippen molar-refractivity contribution in [2.75, 3.05) is 7.11 Å². The van der Waals surface area contributed by atoms with Crippen LogP contribution in [-0.4, -0.2) is 19.1 Å². The van der Waals surface area contributed by atoms with Crippen molar-refractivity contribution >= 4 is 35.6 Å². The molecule has 0 bridgehead atoms. The van der Waals surface area contributed by atoms with Crippen molar-refractivity contribution in [1.82, 2.24) is 5.09 Å². The Morgan fingerprint density at radius 3 is 2.70 bits per heavy atom. The first kappa shape index (κ1) is 15.0. The highest BCUT2D eigenvalue weighted by molar-refractivity contribution is 7.78. The molecule has 4 nitrogen and oxygen atoms in total. The van der Waals surface area contributed by atoms with Crippen LogP contribution >= 0.6 is 18.9 Å². The summed E-state index contributed by atoms with van der Waals surface area (Å²) < 4.78 is 10.3. The zero-order valence-electron chi connectivity index (χ0n) is 11.2. The van der Waals surface area contributed by atoms with Crippen LogP contribution < -0.4 is 9.61 Å². The summed E-state index contributed by atoms with van der Waals surface area (Å²) in [5.74, 6) is 0.313. The molecular weight excluding hydrogens is 297 g/mol. The summed E-state index contributed by atoms with van der Waals surface area (Å²) in [6, 6.07) is 13.1. The molecule has 0 spiro atoms. The first-order chi connectivity index (χ1) is 9.61. The van der Waals surface area contributed by atoms with Gasteiger partial charge in [-0.3, -0.25) is 4.79 Å². The Hall–Kier alpha value is -1.35. The first-order valence-corrected chi connectivity index (χ1v) is 8.24. The lowest BCUT2D eigenvalue weighted by molar-refractivity contribution is -0.142. The number of carbonyl (C=O) groups excluding carboxylic acids is 1. The van der Waals surface area contributed by atoms with Crippen molar-refractivity contribution in [2.45, 2.75) is 13.0 Å². The molecular formula is C14H15ClNO3P. The number of ether oxygens (including phenoxy) is 1. The smallest absolute Gasteiger partial charge is 0.322 e. The summed E-state index contributed by atoms with van der Waals surface area (Å²) in [5.41, 5.74) is 0. The van der Waals surface area contributed by atoms with E-state index >= 15 is 0 Å². The molecule has 0 fully saturated rings. The van der Waals surface area contributed by atoms with Gasteiger partial charge in [0.1, 0.15) is 11.8 Å². The van der Waals surface area contributed by atoms with Crippen molar-refractivity contribution in [2.24, 2.45) is 0 Å². The standard InChI is InChI=1S/C14H15ClNO3P/c1-10(14(17)18-2)16-20(15)19-13-9-5-7-11-6-3-4-8-12(11)13/h3-10,16H,1-2H3/t10-,20?/m0/s1. The van der Waals surface area contributed by atoms with Gasteiger partial charge in [0.05, 0.1) is 7.11 Å². The molecule has 106 valence electrons. The predicted octanol–water partition coefficient (Wildman–Crippen LogP) is 3.84. The Labute approximate surface area is 123 Å². The summed E-state index contributed by atoms with van der Waals surface area (Å²) in [4.78, 5) is 11.3. The normalized spacial score (nSPS) is 13.8. The zero-order chi connectivity index (χ0) is 14.5. The lowest BCUT2D eigenvalue weighted by Gasteiger charge is -2.17. The third kappa shape index (κ3) is 3.60. The quantitative estimate of drug-likeness (QED) is 0.673. The SMILES string of the molecule is COC(=O)[C@H](C)NP(Cl)Oc1cccc2ccccc12. The summed E-state index contributed by atoms with van der Waals surface area (Å²) >= 11 is 6.14. The molecule has 0 aliphatic rings. The summed E-state index contributed by atoms with van der Waals surface area (Å²) in [6.07, 6.45) is 0. The maximum Gasteiger partial charge on any atom is 0.322 e. The summed E-state index contributed by atoms with van der Waals surface area (Å²) in [7, 11) is -0.150. The van der Waals surface area contributed by atoms with Gasteiger partial charge in [-0.1, -0.05) is 36.4 Å². The Balaban J connectivity index is 2.10. The monoisotopic (exact) mass is 311 g/mol. The van der Waals surface area contributed by atoms with Crippen LogP contribution in [0.1, 0.15) is 6.92 Å². The number of methoxy groups -OCH3 is 1. The molecule has 20 heavy (non-hydrogen) atoms. The molecule has 2 aromatic rings. The lowest BCUT2D eigenvalue weighted by atomic mass is 10.1. The number of hydrogen-bond acceptors (Lipinski definition) is 4. The van der Waals surface area contributed by atoms with Gasteiger partial charge in [-0.2, -0.15) is 0 Å². The fourth-order valence-corrected chi connectivity index (χ4v) is 3.23. The van der Waals surface area contributed by atoms with Gasteiger partial charge < -0.3 is 9.26 Å². The first-order valence-electron chi connectivity index (χ1n) is 6.07. The second kappa shape index (κ2) is 6.89. The van der Waals surface area contributed by atoms with Crippen LogP contribution in [0.3, 0.4) is 0 Å². The number of carbonyl (C=O) groups is 1. The number of halogens is 1. The molecule has 1 unspecified atom stereocenters. The van der Waals surface area contributed by atoms with Gasteiger partial charge in [0.15, 0.2) is 0 Å². The molecule has 0 aromatic heterocycles. The van der Waals surface area contributed by atoms with Crippen LogP contribution in [0.15, 0.2) is 42.5 Å². The van der Waals surface area contributed by atoms with Crippen LogP contribution in [-0.2, 0) is 9.53 Å². The van der Waals surface area contributed by atoms with Gasteiger partial charge in [0.25, 0.3) is 7.65 Å². The predicted molar refractivity (Wildman–Crippen MR) is 82.0 cm³/mol. The number of hydrogen-bond donors (Lipinski definition) is 1. The Kier molecular flexibility index (Phi) is 5.18. The summed E-state index contributed by atoms with van der Waals surface area (Å²) in [5, 5.41) is 4.93. The highest BCUT2D eigenvalue weighted by atomic mass is 35.7. The molecule has 0 saturated carbocycles. The van der Waals surface area contributed by atoms with E-state index in [2.05, 4.69) is 9.82 Å². The Bertz CT molecular complexity index is 602. The Morgan fingerprint density at radius 1 is 1.25 bits per heavy atom. The fourth-order valence-electron chi connectivity index (χ4n) is 1.77. The summed E-state index contributed by atoms with van der Waals surface area (Å²) in [6.45, 7) is 1.68. The minimum atomic E-state index is -1.49. The van der Waals surface area contributed by atoms with Gasteiger partial charge in [-0.25, -0.2) is 5.09 Å². The Morgan fingerprint density at radius 2 is 1.95 bits per heavy atom. The van der Waals surface area contributed by atoms with E-state index in [4.69, 9.17) is 15.8 Å². The number of rotatable bonds is 5. The van der Waals surface area contributed by atoms with E-state index in [1.54, 1.807) is 6.92 Å². The average Bonchev–Trinajstić information content (AvgIpc) is 2.46. The third-order valence-electron chi connectivity index (χ3n) is 2.78. The van der Waals surface area contributed by atoms with Crippen LogP contribution in [0.25, 0.3) is 10.8 Å². The molecule has 0 aliphatic carbocycles. The molecule has 0 saturated heterocycles. The second-order valence-corrected chi connectivity index (χ2v) is 6.04. The van der Waals surface area contributed by atoms with E-state index < -0.39 is 13.7 Å².